The molecule has 0 aliphatic rings. The van der Waals surface area contributed by atoms with Crippen LogP contribution in [-0.4, -0.2) is 20.4 Å². The Bertz CT molecular complexity index is 1230. The number of halogens is 2. The number of benzene rings is 2. The largest absolute Gasteiger partial charge is 0.382 e. The van der Waals surface area contributed by atoms with E-state index in [2.05, 4.69) is 14.5 Å². The molecule has 0 unspecified atom stereocenters. The third kappa shape index (κ3) is 3.61. The molecule has 4 N–H and O–H groups in total. The molecular formula is C21H19Cl2N5O. The summed E-state index contributed by atoms with van der Waals surface area (Å²) in [6, 6.07) is 11.4. The van der Waals surface area contributed by atoms with Crippen LogP contribution >= 0.6 is 23.2 Å². The number of carbonyl (C=O) groups excluding carboxylic acids is 1. The molecule has 4 aromatic rings. The van der Waals surface area contributed by atoms with Crippen molar-refractivity contribution in [2.45, 2.75) is 25.8 Å². The van der Waals surface area contributed by atoms with E-state index in [0.29, 0.717) is 17.3 Å². The number of hydrogen-bond acceptors (Lipinski definition) is 4. The number of nitrogen functional groups attached to an aromatic ring is 1. The average Bonchev–Trinajstić information content (AvgIpc) is 3.11. The van der Waals surface area contributed by atoms with Gasteiger partial charge in [-0.25, -0.2) is 9.97 Å². The highest BCUT2D eigenvalue weighted by atomic mass is 35.5. The molecule has 0 atom stereocenters. The molecule has 2 aromatic carbocycles. The number of aromatic nitrogens is 3. The summed E-state index contributed by atoms with van der Waals surface area (Å²) in [6.07, 6.45) is 4.29. The van der Waals surface area contributed by atoms with Crippen molar-refractivity contribution in [2.24, 2.45) is 5.73 Å². The van der Waals surface area contributed by atoms with Gasteiger partial charge in [0.05, 0.1) is 33.0 Å². The zero-order valence-electron chi connectivity index (χ0n) is 15.5. The van der Waals surface area contributed by atoms with Gasteiger partial charge in [-0.05, 0) is 37.0 Å². The highest BCUT2D eigenvalue weighted by Crippen LogP contribution is 2.30. The molecule has 0 saturated carbocycles. The monoisotopic (exact) mass is 427 g/mol. The maximum absolute atomic E-state index is 11.6. The fourth-order valence-corrected chi connectivity index (χ4v) is 4.24. The summed E-state index contributed by atoms with van der Waals surface area (Å²) in [7, 11) is 0. The summed E-state index contributed by atoms with van der Waals surface area (Å²) >= 11 is 12.4. The van der Waals surface area contributed by atoms with Gasteiger partial charge in [0.1, 0.15) is 5.52 Å². The Morgan fingerprint density at radius 2 is 1.90 bits per heavy atom. The first-order chi connectivity index (χ1) is 14.0. The summed E-state index contributed by atoms with van der Waals surface area (Å²) in [6.45, 7) is 0.776. The summed E-state index contributed by atoms with van der Waals surface area (Å²) in [5, 5.41) is 1.64. The Morgan fingerprint density at radius 1 is 1.10 bits per heavy atom. The smallest absolute Gasteiger partial charge is 0.251 e. The van der Waals surface area contributed by atoms with Crippen LogP contribution in [0, 0.1) is 0 Å². The minimum Gasteiger partial charge on any atom is -0.382 e. The standard InChI is InChI=1S/C21H19Cl2N5O/c22-14-9-8-12(17(23)16(14)21(25)29)5-3-4-10-28-11-26-18-19(28)13-6-1-2-7-15(13)27-20(18)24/h1-2,6-9,11H,3-5,10H2,(H2,24,27)(H2,25,29). The van der Waals surface area contributed by atoms with Crippen LogP contribution in [0.1, 0.15) is 28.8 Å². The number of anilines is 1. The van der Waals surface area contributed by atoms with Crippen LogP contribution in [0.5, 0.6) is 0 Å². The van der Waals surface area contributed by atoms with Crippen molar-refractivity contribution in [1.29, 1.82) is 0 Å². The van der Waals surface area contributed by atoms with Crippen LogP contribution in [0.25, 0.3) is 21.9 Å². The van der Waals surface area contributed by atoms with E-state index in [1.807, 2.05) is 30.3 Å². The highest BCUT2D eigenvalue weighted by Gasteiger charge is 2.15. The summed E-state index contributed by atoms with van der Waals surface area (Å²) in [5.41, 5.74) is 15.1. The van der Waals surface area contributed by atoms with Gasteiger partial charge in [0.25, 0.3) is 5.91 Å². The maximum atomic E-state index is 11.6. The number of pyridine rings is 1. The molecule has 6 nitrogen and oxygen atoms in total. The number of rotatable bonds is 6. The van der Waals surface area contributed by atoms with Crippen molar-refractivity contribution in [3.63, 3.8) is 0 Å². The average molecular weight is 428 g/mol. The number of nitrogens with zero attached hydrogens (tertiary/aromatic N) is 3. The van der Waals surface area contributed by atoms with Gasteiger partial charge in [0.2, 0.25) is 0 Å². The topological polar surface area (TPSA) is 99.8 Å². The number of imidazole rings is 1. The molecule has 0 fully saturated rings. The normalized spacial score (nSPS) is 11.4. The van der Waals surface area contributed by atoms with Gasteiger partial charge >= 0.3 is 0 Å². The first kappa shape index (κ1) is 19.5. The lowest BCUT2D eigenvalue weighted by atomic mass is 10.0. The fourth-order valence-electron chi connectivity index (χ4n) is 3.59. The molecule has 0 bridgehead atoms. The third-order valence-electron chi connectivity index (χ3n) is 4.99. The Balaban J connectivity index is 1.52. The van der Waals surface area contributed by atoms with Crippen LogP contribution in [-0.2, 0) is 13.0 Å². The lowest BCUT2D eigenvalue weighted by molar-refractivity contribution is 0.100. The molecule has 2 heterocycles. The number of aryl methyl sites for hydroxylation is 2. The first-order valence-electron chi connectivity index (χ1n) is 9.23. The number of fused-ring (bicyclic) bond motifs is 3. The zero-order valence-corrected chi connectivity index (χ0v) is 17.0. The van der Waals surface area contributed by atoms with Crippen molar-refractivity contribution in [3.05, 3.63) is 63.9 Å². The minimum absolute atomic E-state index is 0.181. The van der Waals surface area contributed by atoms with Crippen LogP contribution in [0.15, 0.2) is 42.7 Å². The SMILES string of the molecule is NC(=O)c1c(Cl)ccc(CCCCn2cnc3c(N)nc4ccccc4c32)c1Cl. The molecule has 148 valence electrons. The van der Waals surface area contributed by atoms with Gasteiger partial charge in [0.15, 0.2) is 5.82 Å². The number of unbranched alkanes of at least 4 members (excludes halogenated alkanes) is 1. The molecule has 0 radical (unpaired) electrons. The lowest BCUT2D eigenvalue weighted by Crippen LogP contribution is -2.13. The molecule has 0 aliphatic carbocycles. The first-order valence-corrected chi connectivity index (χ1v) is 9.98. The molecule has 1 amide bonds. The van der Waals surface area contributed by atoms with Gasteiger partial charge < -0.3 is 16.0 Å². The maximum Gasteiger partial charge on any atom is 0.251 e. The van der Waals surface area contributed by atoms with E-state index < -0.39 is 5.91 Å². The Kier molecular flexibility index (Phi) is 5.30. The third-order valence-corrected chi connectivity index (χ3v) is 5.74. The second kappa shape index (κ2) is 7.89. The zero-order chi connectivity index (χ0) is 20.5. The predicted molar refractivity (Wildman–Crippen MR) is 117 cm³/mol. The van der Waals surface area contributed by atoms with Crippen molar-refractivity contribution in [2.75, 3.05) is 5.73 Å². The van der Waals surface area contributed by atoms with Crippen LogP contribution in [0.3, 0.4) is 0 Å². The van der Waals surface area contributed by atoms with Crippen molar-refractivity contribution in [3.8, 4) is 0 Å². The minimum atomic E-state index is -0.621. The second-order valence-electron chi connectivity index (χ2n) is 6.87. The predicted octanol–water partition coefficient (Wildman–Crippen LogP) is 4.60. The molecule has 0 spiro atoms. The molecule has 4 rings (SSSR count). The number of carbonyl (C=O) groups is 1. The van der Waals surface area contributed by atoms with Crippen molar-refractivity contribution < 1.29 is 4.79 Å². The van der Waals surface area contributed by atoms with E-state index in [1.54, 1.807) is 12.4 Å². The van der Waals surface area contributed by atoms with E-state index in [9.17, 15) is 4.79 Å². The van der Waals surface area contributed by atoms with Gasteiger partial charge in [-0.2, -0.15) is 0 Å². The van der Waals surface area contributed by atoms with E-state index in [-0.39, 0.29) is 10.6 Å². The van der Waals surface area contributed by atoms with E-state index in [0.717, 1.165) is 46.9 Å². The number of amides is 1. The Labute approximate surface area is 177 Å². The lowest BCUT2D eigenvalue weighted by Gasteiger charge is -2.10. The fraction of sp³-hybridized carbons (Fsp3) is 0.190. The molecule has 29 heavy (non-hydrogen) atoms. The molecular weight excluding hydrogens is 409 g/mol. The van der Waals surface area contributed by atoms with Crippen LogP contribution in [0.2, 0.25) is 10.0 Å². The van der Waals surface area contributed by atoms with E-state index in [4.69, 9.17) is 34.7 Å². The number of primary amides is 1. The molecule has 8 heteroatoms. The highest BCUT2D eigenvalue weighted by molar-refractivity contribution is 6.40. The van der Waals surface area contributed by atoms with Gasteiger partial charge in [-0.1, -0.05) is 47.5 Å². The van der Waals surface area contributed by atoms with Crippen molar-refractivity contribution in [1.82, 2.24) is 14.5 Å². The number of nitrogens with two attached hydrogens (primary N) is 2. The van der Waals surface area contributed by atoms with E-state index >= 15 is 0 Å². The summed E-state index contributed by atoms with van der Waals surface area (Å²) in [5.74, 6) is -0.186. The van der Waals surface area contributed by atoms with Crippen LogP contribution < -0.4 is 11.5 Å². The van der Waals surface area contributed by atoms with Crippen molar-refractivity contribution >= 4 is 56.9 Å². The second-order valence-corrected chi connectivity index (χ2v) is 7.65. The molecule has 0 aliphatic heterocycles. The quantitative estimate of drug-likeness (QED) is 0.439. The number of hydrogen-bond donors (Lipinski definition) is 2. The molecule has 2 aromatic heterocycles. The van der Waals surface area contributed by atoms with Gasteiger partial charge in [0, 0.05) is 11.9 Å². The number of para-hydroxylation sites is 1. The summed E-state index contributed by atoms with van der Waals surface area (Å²) in [4.78, 5) is 20.4. The molecule has 0 saturated heterocycles. The Hall–Kier alpha value is -2.83. The van der Waals surface area contributed by atoms with E-state index in [1.165, 1.54) is 0 Å². The summed E-state index contributed by atoms with van der Waals surface area (Å²) < 4.78 is 2.11. The van der Waals surface area contributed by atoms with Gasteiger partial charge in [-0.3, -0.25) is 4.79 Å². The van der Waals surface area contributed by atoms with Crippen LogP contribution in [0.4, 0.5) is 5.82 Å². The Morgan fingerprint density at radius 3 is 2.69 bits per heavy atom. The van der Waals surface area contributed by atoms with Gasteiger partial charge in [-0.15, -0.1) is 0 Å².